The van der Waals surface area contributed by atoms with Gasteiger partial charge in [-0.15, -0.1) is 12.4 Å². The van der Waals surface area contributed by atoms with Crippen LogP contribution in [0, 0.1) is 0 Å². The van der Waals surface area contributed by atoms with E-state index in [-0.39, 0.29) is 12.4 Å². The number of benzene rings is 1. The number of carbonyl (C=O) groups excluding carboxylic acids is 1. The summed E-state index contributed by atoms with van der Waals surface area (Å²) in [6.45, 7) is -0.366. The molecule has 0 fully saturated rings. The van der Waals surface area contributed by atoms with Crippen LogP contribution in [0.25, 0.3) is 0 Å². The molecule has 21 heavy (non-hydrogen) atoms. The Bertz CT molecular complexity index is 483. The average molecular weight is 325 g/mol. The molecule has 1 N–H and O–H groups in total. The quantitative estimate of drug-likeness (QED) is 0.926. The lowest BCUT2D eigenvalue weighted by atomic mass is 10.1. The Morgan fingerprint density at radius 1 is 1.33 bits per heavy atom. The van der Waals surface area contributed by atoms with Crippen LogP contribution in [-0.2, 0) is 16.1 Å². The number of anilines is 1. The zero-order chi connectivity index (χ0) is 14.6. The summed E-state index contributed by atoms with van der Waals surface area (Å²) in [5, 5.41) is 3.15. The van der Waals surface area contributed by atoms with Crippen LogP contribution in [0.15, 0.2) is 24.3 Å². The lowest BCUT2D eigenvalue weighted by Crippen LogP contribution is -2.38. The molecule has 118 valence electrons. The first-order valence-corrected chi connectivity index (χ1v) is 6.21. The van der Waals surface area contributed by atoms with Crippen LogP contribution in [0.3, 0.4) is 0 Å². The van der Waals surface area contributed by atoms with Crippen molar-refractivity contribution in [1.29, 1.82) is 0 Å². The summed E-state index contributed by atoms with van der Waals surface area (Å²) >= 11 is 0. The van der Waals surface area contributed by atoms with Gasteiger partial charge in [-0.3, -0.25) is 4.79 Å². The molecular formula is C13H16ClF3N2O2. The van der Waals surface area contributed by atoms with E-state index in [9.17, 15) is 18.0 Å². The molecule has 0 radical (unpaired) electrons. The highest BCUT2D eigenvalue weighted by atomic mass is 35.5. The number of alkyl halides is 3. The van der Waals surface area contributed by atoms with Crippen LogP contribution in [0.2, 0.25) is 0 Å². The van der Waals surface area contributed by atoms with Gasteiger partial charge < -0.3 is 15.0 Å². The molecule has 1 aromatic rings. The highest BCUT2D eigenvalue weighted by Gasteiger charge is 2.28. The van der Waals surface area contributed by atoms with E-state index in [1.807, 2.05) is 12.1 Å². The molecule has 1 aliphatic rings. The molecule has 8 heteroatoms. The van der Waals surface area contributed by atoms with Gasteiger partial charge in [0.25, 0.3) is 5.91 Å². The van der Waals surface area contributed by atoms with Crippen LogP contribution in [0.5, 0.6) is 0 Å². The Morgan fingerprint density at radius 2 is 2.05 bits per heavy atom. The summed E-state index contributed by atoms with van der Waals surface area (Å²) in [6.07, 6.45) is -4.42. The number of hydrogen-bond acceptors (Lipinski definition) is 3. The van der Waals surface area contributed by atoms with Crippen molar-refractivity contribution >= 4 is 24.0 Å². The topological polar surface area (TPSA) is 41.6 Å². The van der Waals surface area contributed by atoms with E-state index in [0.29, 0.717) is 19.6 Å². The van der Waals surface area contributed by atoms with Crippen molar-refractivity contribution in [3.63, 3.8) is 0 Å². The highest BCUT2D eigenvalue weighted by molar-refractivity contribution is 5.95. The highest BCUT2D eigenvalue weighted by Crippen LogP contribution is 2.22. The monoisotopic (exact) mass is 324 g/mol. The van der Waals surface area contributed by atoms with Gasteiger partial charge in [-0.2, -0.15) is 13.2 Å². The van der Waals surface area contributed by atoms with E-state index in [4.69, 9.17) is 0 Å². The second-order valence-corrected chi connectivity index (χ2v) is 4.46. The second kappa shape index (κ2) is 7.63. The number of rotatable bonds is 3. The fourth-order valence-corrected chi connectivity index (χ4v) is 2.05. The number of fused-ring (bicyclic) bond motifs is 1. The van der Waals surface area contributed by atoms with Gasteiger partial charge in [0.1, 0.15) is 13.2 Å². The van der Waals surface area contributed by atoms with Gasteiger partial charge in [0.05, 0.1) is 0 Å². The lowest BCUT2D eigenvalue weighted by Gasteiger charge is -2.22. The smallest absolute Gasteiger partial charge is 0.362 e. The van der Waals surface area contributed by atoms with Crippen LogP contribution < -0.4 is 10.2 Å². The molecule has 0 saturated heterocycles. The van der Waals surface area contributed by atoms with E-state index in [1.54, 1.807) is 12.1 Å². The van der Waals surface area contributed by atoms with Gasteiger partial charge in [-0.05, 0) is 11.6 Å². The molecular weight excluding hydrogens is 309 g/mol. The summed E-state index contributed by atoms with van der Waals surface area (Å²) in [4.78, 5) is 13.5. The van der Waals surface area contributed by atoms with Gasteiger partial charge in [0, 0.05) is 25.3 Å². The SMILES string of the molecule is Cl.O=C(COCC(F)(F)F)N1CCNCc2ccccc21. The molecule has 1 heterocycles. The molecule has 1 aromatic carbocycles. The Morgan fingerprint density at radius 3 is 2.76 bits per heavy atom. The number of ether oxygens (including phenoxy) is 1. The number of para-hydroxylation sites is 1. The van der Waals surface area contributed by atoms with Crippen LogP contribution in [0.1, 0.15) is 5.56 Å². The molecule has 0 spiro atoms. The van der Waals surface area contributed by atoms with Crippen LogP contribution >= 0.6 is 12.4 Å². The van der Waals surface area contributed by atoms with Crippen molar-refractivity contribution in [2.45, 2.75) is 12.7 Å². The lowest BCUT2D eigenvalue weighted by molar-refractivity contribution is -0.175. The number of amides is 1. The average Bonchev–Trinajstić information content (AvgIpc) is 2.59. The fourth-order valence-electron chi connectivity index (χ4n) is 2.05. The number of carbonyl (C=O) groups is 1. The molecule has 0 saturated carbocycles. The normalized spacial score (nSPS) is 14.9. The Balaban J connectivity index is 0.00000220. The van der Waals surface area contributed by atoms with Gasteiger partial charge in [-0.25, -0.2) is 0 Å². The Hall–Kier alpha value is -1.31. The Kier molecular flexibility index (Phi) is 6.44. The van der Waals surface area contributed by atoms with E-state index >= 15 is 0 Å². The van der Waals surface area contributed by atoms with Gasteiger partial charge in [0.15, 0.2) is 0 Å². The first-order valence-electron chi connectivity index (χ1n) is 6.21. The van der Waals surface area contributed by atoms with Gasteiger partial charge in [0.2, 0.25) is 0 Å². The molecule has 2 rings (SSSR count). The molecule has 1 aliphatic heterocycles. The van der Waals surface area contributed by atoms with Crippen molar-refractivity contribution in [3.8, 4) is 0 Å². The van der Waals surface area contributed by atoms with Crippen LogP contribution in [-0.4, -0.2) is 38.4 Å². The number of halogens is 4. The maximum atomic E-state index is 12.0. The van der Waals surface area contributed by atoms with Gasteiger partial charge in [-0.1, -0.05) is 18.2 Å². The molecule has 1 amide bonds. The van der Waals surface area contributed by atoms with E-state index in [0.717, 1.165) is 11.3 Å². The largest absolute Gasteiger partial charge is 0.411 e. The summed E-state index contributed by atoms with van der Waals surface area (Å²) in [5.74, 6) is -0.467. The number of nitrogens with one attached hydrogen (secondary N) is 1. The zero-order valence-electron chi connectivity index (χ0n) is 11.2. The van der Waals surface area contributed by atoms with Gasteiger partial charge >= 0.3 is 6.18 Å². The standard InChI is InChI=1S/C13H15F3N2O2.ClH/c14-13(15,16)9-20-8-12(19)18-6-5-17-7-10-3-1-2-4-11(10)18;/h1-4,17H,5-9H2;1H. The fraction of sp³-hybridized carbons (Fsp3) is 0.462. The third-order valence-corrected chi connectivity index (χ3v) is 2.90. The first kappa shape index (κ1) is 17.7. The van der Waals surface area contributed by atoms with Crippen molar-refractivity contribution in [3.05, 3.63) is 29.8 Å². The molecule has 4 nitrogen and oxygen atoms in total. The molecule has 0 unspecified atom stereocenters. The predicted molar refractivity (Wildman–Crippen MR) is 74.6 cm³/mol. The van der Waals surface area contributed by atoms with E-state index in [2.05, 4.69) is 10.1 Å². The van der Waals surface area contributed by atoms with Crippen molar-refractivity contribution in [2.75, 3.05) is 31.2 Å². The Labute approximate surface area is 126 Å². The third-order valence-electron chi connectivity index (χ3n) is 2.90. The summed E-state index contributed by atoms with van der Waals surface area (Å²) in [7, 11) is 0. The minimum atomic E-state index is -4.42. The molecule has 0 bridgehead atoms. The molecule has 0 atom stereocenters. The van der Waals surface area contributed by atoms with Crippen molar-refractivity contribution < 1.29 is 22.7 Å². The van der Waals surface area contributed by atoms with Crippen molar-refractivity contribution in [2.24, 2.45) is 0 Å². The maximum absolute atomic E-state index is 12.0. The zero-order valence-corrected chi connectivity index (χ0v) is 12.0. The number of hydrogen-bond donors (Lipinski definition) is 1. The second-order valence-electron chi connectivity index (χ2n) is 4.46. The van der Waals surface area contributed by atoms with Crippen molar-refractivity contribution in [1.82, 2.24) is 5.32 Å². The van der Waals surface area contributed by atoms with E-state index in [1.165, 1.54) is 4.90 Å². The third kappa shape index (κ3) is 5.18. The predicted octanol–water partition coefficient (Wildman–Crippen LogP) is 2.12. The summed E-state index contributed by atoms with van der Waals surface area (Å²) in [6, 6.07) is 7.31. The minimum absolute atomic E-state index is 0. The molecule has 0 aliphatic carbocycles. The van der Waals surface area contributed by atoms with Crippen LogP contribution in [0.4, 0.5) is 18.9 Å². The first-order chi connectivity index (χ1) is 9.47. The minimum Gasteiger partial charge on any atom is -0.362 e. The summed E-state index contributed by atoms with van der Waals surface area (Å²) < 4.78 is 40.4. The number of nitrogens with zero attached hydrogens (tertiary/aromatic N) is 1. The van der Waals surface area contributed by atoms with E-state index < -0.39 is 25.3 Å². The molecule has 0 aromatic heterocycles. The maximum Gasteiger partial charge on any atom is 0.411 e. The summed E-state index contributed by atoms with van der Waals surface area (Å²) in [5.41, 5.74) is 1.66.